The molecular weight excluding hydrogens is 330 g/mol. The Balaban J connectivity index is 1.66. The van der Waals surface area contributed by atoms with Gasteiger partial charge >= 0.3 is 6.03 Å². The minimum absolute atomic E-state index is 0.108. The molecule has 1 saturated carbocycles. The van der Waals surface area contributed by atoms with E-state index in [-0.39, 0.29) is 10.9 Å². The van der Waals surface area contributed by atoms with Gasteiger partial charge < -0.3 is 10.6 Å². The van der Waals surface area contributed by atoms with Gasteiger partial charge in [0.25, 0.3) is 0 Å². The largest absolute Gasteiger partial charge is 0.323 e. The highest BCUT2D eigenvalue weighted by Crippen LogP contribution is 2.30. The lowest BCUT2D eigenvalue weighted by Crippen LogP contribution is -2.28. The van der Waals surface area contributed by atoms with Gasteiger partial charge in [-0.15, -0.1) is 0 Å². The molecule has 8 nitrogen and oxygen atoms in total. The molecule has 1 fully saturated rings. The normalized spacial score (nSPS) is 14.6. The second kappa shape index (κ2) is 6.25. The molecule has 24 heavy (non-hydrogen) atoms. The Bertz CT molecular complexity index is 840. The molecule has 2 aromatic rings. The van der Waals surface area contributed by atoms with Crippen LogP contribution in [0, 0.1) is 6.92 Å². The van der Waals surface area contributed by atoms with E-state index >= 15 is 0 Å². The summed E-state index contributed by atoms with van der Waals surface area (Å²) in [5.41, 5.74) is 1.83. The molecule has 1 aromatic heterocycles. The van der Waals surface area contributed by atoms with Crippen LogP contribution in [0.25, 0.3) is 0 Å². The molecular formula is C15H19N5O3S. The van der Waals surface area contributed by atoms with Crippen LogP contribution in [0.5, 0.6) is 0 Å². The highest BCUT2D eigenvalue weighted by atomic mass is 32.2. The van der Waals surface area contributed by atoms with Gasteiger partial charge in [-0.2, -0.15) is 9.40 Å². The Morgan fingerprint density at radius 3 is 2.46 bits per heavy atom. The molecule has 0 radical (unpaired) electrons. The molecule has 1 aromatic carbocycles. The second-order valence-corrected chi connectivity index (χ2v) is 7.76. The average Bonchev–Trinajstić information content (AvgIpc) is 3.32. The van der Waals surface area contributed by atoms with E-state index in [0.717, 1.165) is 18.5 Å². The summed E-state index contributed by atoms with van der Waals surface area (Å²) in [7, 11) is -1.88. The van der Waals surface area contributed by atoms with Gasteiger partial charge in [-0.05, 0) is 44.0 Å². The van der Waals surface area contributed by atoms with Gasteiger partial charge in [0.2, 0.25) is 10.0 Å². The summed E-state index contributed by atoms with van der Waals surface area (Å²) in [5.74, 6) is 0. The van der Waals surface area contributed by atoms with E-state index in [1.165, 1.54) is 22.6 Å². The van der Waals surface area contributed by atoms with E-state index in [1.807, 2.05) is 0 Å². The first-order valence-electron chi connectivity index (χ1n) is 7.54. The number of nitrogens with one attached hydrogen (secondary N) is 3. The molecule has 3 rings (SSSR count). The van der Waals surface area contributed by atoms with Crippen LogP contribution < -0.4 is 10.6 Å². The first-order valence-corrected chi connectivity index (χ1v) is 8.98. The number of aromatic nitrogens is 2. The topological polar surface area (TPSA) is 107 Å². The maximum Gasteiger partial charge on any atom is 0.323 e. The second-order valence-electron chi connectivity index (χ2n) is 5.76. The Morgan fingerprint density at radius 2 is 1.92 bits per heavy atom. The number of urea groups is 1. The van der Waals surface area contributed by atoms with E-state index in [4.69, 9.17) is 0 Å². The summed E-state index contributed by atoms with van der Waals surface area (Å²) in [6.07, 6.45) is 3.32. The number of nitrogens with zero attached hydrogens (tertiary/aromatic N) is 2. The number of hydrogen-bond acceptors (Lipinski definition) is 4. The lowest BCUT2D eigenvalue weighted by atomic mass is 10.3. The Hall–Kier alpha value is -2.39. The van der Waals surface area contributed by atoms with Crippen LogP contribution in [0.3, 0.4) is 0 Å². The van der Waals surface area contributed by atoms with Crippen LogP contribution >= 0.6 is 0 Å². The molecule has 0 atom stereocenters. The third kappa shape index (κ3) is 3.41. The van der Waals surface area contributed by atoms with Crippen molar-refractivity contribution in [1.29, 1.82) is 0 Å². The summed E-state index contributed by atoms with van der Waals surface area (Å²) >= 11 is 0. The molecule has 0 bridgehead atoms. The van der Waals surface area contributed by atoms with Crippen molar-refractivity contribution in [3.05, 3.63) is 36.2 Å². The number of amides is 2. The third-order valence-corrected chi connectivity index (χ3v) is 5.85. The van der Waals surface area contributed by atoms with Crippen LogP contribution in [-0.4, -0.2) is 42.0 Å². The molecule has 1 aliphatic carbocycles. The number of carbonyl (C=O) groups excluding carboxylic acids is 1. The van der Waals surface area contributed by atoms with Crippen molar-refractivity contribution in [3.8, 4) is 0 Å². The molecule has 3 N–H and O–H groups in total. The molecule has 2 amide bonds. The van der Waals surface area contributed by atoms with Gasteiger partial charge in [0.15, 0.2) is 0 Å². The molecule has 0 saturated heterocycles. The van der Waals surface area contributed by atoms with Crippen molar-refractivity contribution < 1.29 is 13.2 Å². The molecule has 0 spiro atoms. The molecule has 9 heteroatoms. The van der Waals surface area contributed by atoms with Crippen molar-refractivity contribution in [2.75, 3.05) is 17.7 Å². The number of benzene rings is 1. The SMILES string of the molecule is Cc1[nH]ncc1NC(=O)Nc1ccc(S(=O)(=O)N(C)C2CC2)cc1. The quantitative estimate of drug-likeness (QED) is 0.768. The number of sulfonamides is 1. The highest BCUT2D eigenvalue weighted by molar-refractivity contribution is 7.89. The number of aryl methyl sites for hydroxylation is 1. The van der Waals surface area contributed by atoms with Crippen LogP contribution in [0.1, 0.15) is 18.5 Å². The fourth-order valence-corrected chi connectivity index (χ4v) is 3.69. The summed E-state index contributed by atoms with van der Waals surface area (Å²) < 4.78 is 26.2. The summed E-state index contributed by atoms with van der Waals surface area (Å²) in [6.45, 7) is 1.79. The fourth-order valence-electron chi connectivity index (χ4n) is 2.27. The Kier molecular flexibility index (Phi) is 4.29. The van der Waals surface area contributed by atoms with Crippen molar-refractivity contribution in [2.24, 2.45) is 0 Å². The molecule has 0 unspecified atom stereocenters. The first-order chi connectivity index (χ1) is 11.4. The Morgan fingerprint density at radius 1 is 1.25 bits per heavy atom. The standard InChI is InChI=1S/C15H19N5O3S/c1-10-14(9-16-19-10)18-15(21)17-11-3-7-13(8-4-11)24(22,23)20(2)12-5-6-12/h3-4,7-9,12H,5-6H2,1-2H3,(H,16,19)(H2,17,18,21). The molecule has 1 aliphatic rings. The van der Waals surface area contributed by atoms with Crippen molar-refractivity contribution in [1.82, 2.24) is 14.5 Å². The van der Waals surface area contributed by atoms with Crippen LogP contribution in [0.2, 0.25) is 0 Å². The molecule has 0 aliphatic heterocycles. The maximum atomic E-state index is 12.4. The third-order valence-electron chi connectivity index (χ3n) is 3.93. The van der Waals surface area contributed by atoms with E-state index in [0.29, 0.717) is 11.4 Å². The van der Waals surface area contributed by atoms with E-state index in [1.54, 1.807) is 26.1 Å². The highest BCUT2D eigenvalue weighted by Gasteiger charge is 2.34. The van der Waals surface area contributed by atoms with Crippen molar-refractivity contribution >= 4 is 27.4 Å². The van der Waals surface area contributed by atoms with Gasteiger partial charge in [0, 0.05) is 18.8 Å². The van der Waals surface area contributed by atoms with Gasteiger partial charge in [-0.1, -0.05) is 0 Å². The van der Waals surface area contributed by atoms with Gasteiger partial charge in [0.1, 0.15) is 0 Å². The lowest BCUT2D eigenvalue weighted by Gasteiger charge is -2.16. The zero-order valence-electron chi connectivity index (χ0n) is 13.4. The zero-order valence-corrected chi connectivity index (χ0v) is 14.2. The van der Waals surface area contributed by atoms with Crippen LogP contribution in [-0.2, 0) is 10.0 Å². The number of carbonyl (C=O) groups is 1. The number of anilines is 2. The number of H-pyrrole nitrogens is 1. The summed E-state index contributed by atoms with van der Waals surface area (Å²) in [6, 6.07) is 5.80. The van der Waals surface area contributed by atoms with Crippen molar-refractivity contribution in [2.45, 2.75) is 30.7 Å². The molecule has 1 heterocycles. The minimum atomic E-state index is -3.48. The number of aromatic amines is 1. The minimum Gasteiger partial charge on any atom is -0.308 e. The Labute approximate surface area is 140 Å². The molecule has 128 valence electrons. The van der Waals surface area contributed by atoms with E-state index in [2.05, 4.69) is 20.8 Å². The predicted octanol–water partition coefficient (Wildman–Crippen LogP) is 2.15. The van der Waals surface area contributed by atoms with Gasteiger partial charge in [-0.3, -0.25) is 5.10 Å². The predicted molar refractivity (Wildman–Crippen MR) is 90.4 cm³/mol. The van der Waals surface area contributed by atoms with Crippen LogP contribution in [0.15, 0.2) is 35.4 Å². The van der Waals surface area contributed by atoms with E-state index < -0.39 is 16.1 Å². The summed E-state index contributed by atoms with van der Waals surface area (Å²) in [5, 5.41) is 11.8. The van der Waals surface area contributed by atoms with Crippen molar-refractivity contribution in [3.63, 3.8) is 0 Å². The van der Waals surface area contributed by atoms with E-state index in [9.17, 15) is 13.2 Å². The number of hydrogen-bond donors (Lipinski definition) is 3. The average molecular weight is 349 g/mol. The monoisotopic (exact) mass is 349 g/mol. The fraction of sp³-hybridized carbons (Fsp3) is 0.333. The van der Waals surface area contributed by atoms with Gasteiger partial charge in [-0.25, -0.2) is 13.2 Å². The van der Waals surface area contributed by atoms with Crippen LogP contribution in [0.4, 0.5) is 16.2 Å². The smallest absolute Gasteiger partial charge is 0.308 e. The van der Waals surface area contributed by atoms with Gasteiger partial charge in [0.05, 0.1) is 22.5 Å². The summed E-state index contributed by atoms with van der Waals surface area (Å²) in [4.78, 5) is 12.1. The first kappa shape index (κ1) is 16.5. The maximum absolute atomic E-state index is 12.4. The number of rotatable bonds is 5. The lowest BCUT2D eigenvalue weighted by molar-refractivity contribution is 0.262. The zero-order chi connectivity index (χ0) is 17.3.